The van der Waals surface area contributed by atoms with E-state index in [2.05, 4.69) is 57.5 Å². The van der Waals surface area contributed by atoms with Crippen molar-refractivity contribution in [1.82, 2.24) is 9.97 Å². The number of anilines is 4. The molecule has 1 aliphatic heterocycles. The molecule has 0 saturated carbocycles. The number of rotatable bonds is 6. The molecule has 1 aromatic heterocycles. The van der Waals surface area contributed by atoms with Gasteiger partial charge in [0.05, 0.1) is 24.6 Å². The third-order valence-corrected chi connectivity index (χ3v) is 3.88. The molecular weight excluding hydrogens is 302 g/mol. The van der Waals surface area contributed by atoms with E-state index in [9.17, 15) is 0 Å². The van der Waals surface area contributed by atoms with Gasteiger partial charge in [-0.2, -0.15) is 0 Å². The number of nitrogens with one attached hydrogen (secondary N) is 2. The van der Waals surface area contributed by atoms with Gasteiger partial charge in [0.25, 0.3) is 0 Å². The molecule has 6 heteroatoms. The van der Waals surface area contributed by atoms with Crippen molar-refractivity contribution in [3.8, 4) is 0 Å². The summed E-state index contributed by atoms with van der Waals surface area (Å²) >= 11 is 0. The van der Waals surface area contributed by atoms with Crippen LogP contribution >= 0.6 is 0 Å². The van der Waals surface area contributed by atoms with Gasteiger partial charge in [-0.3, -0.25) is 0 Å². The normalized spacial score (nSPS) is 14.7. The van der Waals surface area contributed by atoms with E-state index >= 15 is 0 Å². The number of hydrogen-bond acceptors (Lipinski definition) is 6. The van der Waals surface area contributed by atoms with Gasteiger partial charge in [0.1, 0.15) is 18.0 Å². The van der Waals surface area contributed by atoms with Crippen LogP contribution in [0.5, 0.6) is 0 Å². The van der Waals surface area contributed by atoms with Crippen LogP contribution in [0.15, 0.2) is 36.7 Å². The van der Waals surface area contributed by atoms with Crippen molar-refractivity contribution in [3.63, 3.8) is 0 Å². The zero-order valence-electron chi connectivity index (χ0n) is 14.3. The summed E-state index contributed by atoms with van der Waals surface area (Å²) in [6, 6.07) is 10.2. The van der Waals surface area contributed by atoms with E-state index in [1.54, 1.807) is 6.33 Å². The lowest BCUT2D eigenvalue weighted by Crippen LogP contribution is -2.36. The first kappa shape index (κ1) is 16.5. The summed E-state index contributed by atoms with van der Waals surface area (Å²) in [4.78, 5) is 11.0. The Balaban J connectivity index is 1.75. The Bertz CT molecular complexity index is 655. The van der Waals surface area contributed by atoms with E-state index in [1.165, 1.54) is 5.69 Å². The molecule has 1 saturated heterocycles. The van der Waals surface area contributed by atoms with Gasteiger partial charge in [-0.1, -0.05) is 26.0 Å². The Hall–Kier alpha value is -2.34. The van der Waals surface area contributed by atoms with Crippen molar-refractivity contribution in [3.05, 3.63) is 36.7 Å². The molecule has 0 spiro atoms. The van der Waals surface area contributed by atoms with Crippen LogP contribution in [-0.4, -0.2) is 42.8 Å². The highest BCUT2D eigenvalue weighted by Gasteiger charge is 2.14. The Labute approximate surface area is 143 Å². The summed E-state index contributed by atoms with van der Waals surface area (Å²) in [5.74, 6) is 2.19. The van der Waals surface area contributed by atoms with Gasteiger partial charge in [-0.25, -0.2) is 9.97 Å². The van der Waals surface area contributed by atoms with Crippen molar-refractivity contribution in [1.29, 1.82) is 0 Å². The fraction of sp³-hybridized carbons (Fsp3) is 0.444. The van der Waals surface area contributed by atoms with Gasteiger partial charge in [0.15, 0.2) is 0 Å². The fourth-order valence-corrected chi connectivity index (χ4v) is 2.63. The number of aromatic nitrogens is 2. The molecule has 2 heterocycles. The predicted molar refractivity (Wildman–Crippen MR) is 98.1 cm³/mol. The van der Waals surface area contributed by atoms with Crippen LogP contribution in [0.25, 0.3) is 0 Å². The number of para-hydroxylation sites is 2. The summed E-state index contributed by atoms with van der Waals surface area (Å²) in [5, 5.41) is 6.75. The van der Waals surface area contributed by atoms with Gasteiger partial charge in [0, 0.05) is 25.7 Å². The molecular formula is C18H25N5O. The second-order valence-corrected chi connectivity index (χ2v) is 6.30. The smallest absolute Gasteiger partial charge is 0.135 e. The molecule has 24 heavy (non-hydrogen) atoms. The molecule has 1 aromatic carbocycles. The lowest BCUT2D eigenvalue weighted by Gasteiger charge is -2.30. The SMILES string of the molecule is CC(C)CNc1cc(Nc2ccccc2N2CCOCC2)ncn1. The number of nitrogens with zero attached hydrogens (tertiary/aromatic N) is 3. The van der Waals surface area contributed by atoms with E-state index in [4.69, 9.17) is 4.74 Å². The maximum Gasteiger partial charge on any atom is 0.135 e. The predicted octanol–water partition coefficient (Wildman–Crippen LogP) is 3.12. The highest BCUT2D eigenvalue weighted by Crippen LogP contribution is 2.29. The molecule has 3 rings (SSSR count). The summed E-state index contributed by atoms with van der Waals surface area (Å²) in [6.45, 7) is 8.59. The van der Waals surface area contributed by atoms with Crippen LogP contribution in [0.2, 0.25) is 0 Å². The molecule has 0 radical (unpaired) electrons. The molecule has 2 aromatic rings. The van der Waals surface area contributed by atoms with E-state index in [1.807, 2.05) is 12.1 Å². The molecule has 1 fully saturated rings. The zero-order chi connectivity index (χ0) is 16.8. The first-order valence-corrected chi connectivity index (χ1v) is 8.47. The molecule has 0 unspecified atom stereocenters. The van der Waals surface area contributed by atoms with Gasteiger partial charge in [0.2, 0.25) is 0 Å². The van der Waals surface area contributed by atoms with Crippen LogP contribution in [0.4, 0.5) is 23.0 Å². The Morgan fingerprint density at radius 1 is 1.12 bits per heavy atom. The minimum absolute atomic E-state index is 0.568. The molecule has 2 N–H and O–H groups in total. The third kappa shape index (κ3) is 4.35. The summed E-state index contributed by atoms with van der Waals surface area (Å²) in [7, 11) is 0. The quantitative estimate of drug-likeness (QED) is 0.850. The largest absolute Gasteiger partial charge is 0.378 e. The van der Waals surface area contributed by atoms with E-state index in [-0.39, 0.29) is 0 Å². The average molecular weight is 327 g/mol. The summed E-state index contributed by atoms with van der Waals surface area (Å²) in [6.07, 6.45) is 1.59. The molecule has 0 atom stereocenters. The van der Waals surface area contributed by atoms with E-state index in [0.29, 0.717) is 5.92 Å². The van der Waals surface area contributed by atoms with Gasteiger partial charge in [-0.15, -0.1) is 0 Å². The maximum absolute atomic E-state index is 5.45. The van der Waals surface area contributed by atoms with Crippen molar-refractivity contribution in [2.45, 2.75) is 13.8 Å². The zero-order valence-corrected chi connectivity index (χ0v) is 14.3. The van der Waals surface area contributed by atoms with Crippen molar-refractivity contribution < 1.29 is 4.74 Å². The van der Waals surface area contributed by atoms with Crippen molar-refractivity contribution >= 4 is 23.0 Å². The van der Waals surface area contributed by atoms with Crippen molar-refractivity contribution in [2.24, 2.45) is 5.92 Å². The molecule has 128 valence electrons. The number of benzene rings is 1. The van der Waals surface area contributed by atoms with Crippen LogP contribution in [0.3, 0.4) is 0 Å². The lowest BCUT2D eigenvalue weighted by atomic mass is 10.2. The molecule has 0 bridgehead atoms. The topological polar surface area (TPSA) is 62.3 Å². The van der Waals surface area contributed by atoms with E-state index in [0.717, 1.165) is 50.2 Å². The molecule has 0 amide bonds. The molecule has 0 aliphatic carbocycles. The number of ether oxygens (including phenoxy) is 1. The second-order valence-electron chi connectivity index (χ2n) is 6.30. The van der Waals surface area contributed by atoms with Crippen LogP contribution in [-0.2, 0) is 4.74 Å². The minimum atomic E-state index is 0.568. The number of morpholine rings is 1. The van der Waals surface area contributed by atoms with E-state index < -0.39 is 0 Å². The summed E-state index contributed by atoms with van der Waals surface area (Å²) in [5.41, 5.74) is 2.23. The number of hydrogen-bond donors (Lipinski definition) is 2. The highest BCUT2D eigenvalue weighted by atomic mass is 16.5. The lowest BCUT2D eigenvalue weighted by molar-refractivity contribution is 0.123. The highest BCUT2D eigenvalue weighted by molar-refractivity contribution is 5.74. The monoisotopic (exact) mass is 327 g/mol. The third-order valence-electron chi connectivity index (χ3n) is 3.88. The molecule has 6 nitrogen and oxygen atoms in total. The Morgan fingerprint density at radius 2 is 1.88 bits per heavy atom. The first-order valence-electron chi connectivity index (χ1n) is 8.47. The Kier molecular flexibility index (Phi) is 5.48. The Morgan fingerprint density at radius 3 is 2.67 bits per heavy atom. The van der Waals surface area contributed by atoms with Gasteiger partial charge >= 0.3 is 0 Å². The van der Waals surface area contributed by atoms with Crippen LogP contribution < -0.4 is 15.5 Å². The van der Waals surface area contributed by atoms with Crippen molar-refractivity contribution in [2.75, 3.05) is 48.4 Å². The standard InChI is InChI=1S/C18H25N5O/c1-14(2)12-19-17-11-18(21-13-20-17)22-15-5-3-4-6-16(15)23-7-9-24-10-8-23/h3-6,11,13-14H,7-10,12H2,1-2H3,(H2,19,20,21,22). The molecule has 1 aliphatic rings. The fourth-order valence-electron chi connectivity index (χ4n) is 2.63. The average Bonchev–Trinajstić information content (AvgIpc) is 2.62. The first-order chi connectivity index (χ1) is 11.7. The van der Waals surface area contributed by atoms with Gasteiger partial charge in [-0.05, 0) is 18.1 Å². The maximum atomic E-state index is 5.45. The van der Waals surface area contributed by atoms with Gasteiger partial charge < -0.3 is 20.3 Å². The summed E-state index contributed by atoms with van der Waals surface area (Å²) < 4.78 is 5.45. The van der Waals surface area contributed by atoms with Crippen LogP contribution in [0, 0.1) is 5.92 Å². The second kappa shape index (κ2) is 7.97. The minimum Gasteiger partial charge on any atom is -0.378 e. The van der Waals surface area contributed by atoms with Crippen LogP contribution in [0.1, 0.15) is 13.8 Å².